The van der Waals surface area contributed by atoms with Crippen molar-refractivity contribution in [3.8, 4) is 12.0 Å². The first kappa shape index (κ1) is 15.0. The number of hydrogen-bond acceptors (Lipinski definition) is 6. The van der Waals surface area contributed by atoms with Crippen molar-refractivity contribution in [2.75, 3.05) is 19.6 Å². The molecule has 0 bridgehead atoms. The molecular weight excluding hydrogens is 235 g/mol. The molecule has 0 aliphatic carbocycles. The molecular formula is C9H15O6P. The molecule has 0 aliphatic rings. The first-order chi connectivity index (χ1) is 7.58. The maximum absolute atomic E-state index is 11.8. The predicted octanol–water partition coefficient (Wildman–Crippen LogP) is 2.34. The molecule has 0 saturated carbocycles. The van der Waals surface area contributed by atoms with Crippen molar-refractivity contribution in [3.63, 3.8) is 0 Å². The van der Waals surface area contributed by atoms with Gasteiger partial charge in [-0.3, -0.25) is 4.57 Å². The molecule has 0 spiro atoms. The van der Waals surface area contributed by atoms with E-state index in [-0.39, 0.29) is 13.2 Å². The van der Waals surface area contributed by atoms with Crippen molar-refractivity contribution >= 4 is 13.8 Å². The Hall–Kier alpha value is -1.02. The predicted molar refractivity (Wildman–Crippen MR) is 56.7 cm³/mol. The molecule has 6 nitrogen and oxygen atoms in total. The number of carbonyl (C=O) groups is 1. The highest BCUT2D eigenvalue weighted by Crippen LogP contribution is 2.47. The van der Waals surface area contributed by atoms with Gasteiger partial charge in [0.25, 0.3) is 0 Å². The minimum atomic E-state index is -3.38. The third-order valence-electron chi connectivity index (χ3n) is 1.23. The van der Waals surface area contributed by atoms with Crippen LogP contribution in [0.3, 0.4) is 0 Å². The molecule has 0 amide bonds. The highest BCUT2D eigenvalue weighted by atomic mass is 31.2. The normalized spacial score (nSPS) is 10.2. The molecule has 0 aliphatic heterocycles. The summed E-state index contributed by atoms with van der Waals surface area (Å²) in [5.41, 5.74) is 0. The molecule has 0 fully saturated rings. The van der Waals surface area contributed by atoms with E-state index in [0.717, 1.165) is 0 Å². The van der Waals surface area contributed by atoms with Crippen molar-refractivity contribution < 1.29 is 27.9 Å². The van der Waals surface area contributed by atoms with E-state index < -0.39 is 20.1 Å². The second kappa shape index (κ2) is 8.17. The molecule has 0 aromatic rings. The molecule has 7 heteroatoms. The van der Waals surface area contributed by atoms with Gasteiger partial charge in [0.05, 0.1) is 13.2 Å². The van der Waals surface area contributed by atoms with E-state index in [4.69, 9.17) is 9.05 Å². The van der Waals surface area contributed by atoms with E-state index in [1.54, 1.807) is 13.8 Å². The fourth-order valence-corrected chi connectivity index (χ4v) is 2.03. The van der Waals surface area contributed by atoms with Gasteiger partial charge >= 0.3 is 13.8 Å². The summed E-state index contributed by atoms with van der Waals surface area (Å²) in [6.45, 7) is 5.21. The van der Waals surface area contributed by atoms with E-state index in [9.17, 15) is 9.36 Å². The fourth-order valence-electron chi connectivity index (χ4n) is 0.759. The van der Waals surface area contributed by atoms with E-state index in [1.807, 2.05) is 0 Å². The van der Waals surface area contributed by atoms with Crippen LogP contribution >= 0.6 is 7.60 Å². The van der Waals surface area contributed by atoms with Crippen molar-refractivity contribution in [2.24, 2.45) is 0 Å². The van der Waals surface area contributed by atoms with Gasteiger partial charge in [-0.2, -0.15) is 0 Å². The molecule has 0 atom stereocenters. The van der Waals surface area contributed by atoms with Gasteiger partial charge in [-0.05, 0) is 13.8 Å². The highest BCUT2D eigenvalue weighted by molar-refractivity contribution is 7.53. The number of rotatable bonds is 6. The number of carbonyl (C=O) groups excluding carboxylic acids is 1. The second-order valence-corrected chi connectivity index (χ2v) is 4.42. The quantitative estimate of drug-likeness (QED) is 0.409. The lowest BCUT2D eigenvalue weighted by molar-refractivity contribution is 0.0936. The Kier molecular flexibility index (Phi) is 7.65. The Labute approximate surface area is 94.7 Å². The molecule has 92 valence electrons. The van der Waals surface area contributed by atoms with Crippen molar-refractivity contribution in [3.05, 3.63) is 0 Å². The molecule has 0 N–H and O–H groups in total. The van der Waals surface area contributed by atoms with Crippen LogP contribution in [0.25, 0.3) is 0 Å². The van der Waals surface area contributed by atoms with Crippen LogP contribution in [0, 0.1) is 12.0 Å². The Bertz CT molecular complexity index is 306. The summed E-state index contributed by atoms with van der Waals surface area (Å²) in [7, 11) is -3.38. The monoisotopic (exact) mass is 250 g/mol. The Morgan fingerprint density at radius 2 is 1.81 bits per heavy atom. The zero-order chi connectivity index (χ0) is 12.4. The summed E-state index contributed by atoms with van der Waals surface area (Å²) in [4.78, 5) is 10.9. The van der Waals surface area contributed by atoms with Gasteiger partial charge in [0.15, 0.2) is 6.35 Å². The van der Waals surface area contributed by atoms with E-state index in [2.05, 4.69) is 21.5 Å². The van der Waals surface area contributed by atoms with Gasteiger partial charge in [-0.1, -0.05) is 5.92 Å². The van der Waals surface area contributed by atoms with Crippen LogP contribution in [0.5, 0.6) is 0 Å². The smallest absolute Gasteiger partial charge is 0.420 e. The summed E-state index contributed by atoms with van der Waals surface area (Å²) >= 11 is 0. The topological polar surface area (TPSA) is 71.1 Å². The van der Waals surface area contributed by atoms with Crippen molar-refractivity contribution in [1.82, 2.24) is 0 Å². The lowest BCUT2D eigenvalue weighted by Crippen LogP contribution is -2.09. The van der Waals surface area contributed by atoms with Crippen molar-refractivity contribution in [1.29, 1.82) is 0 Å². The van der Waals surface area contributed by atoms with Gasteiger partial charge in [0, 0.05) is 6.92 Å². The average Bonchev–Trinajstić information content (AvgIpc) is 2.24. The van der Waals surface area contributed by atoms with Gasteiger partial charge in [-0.15, -0.1) is 0 Å². The molecule has 0 heterocycles. The lowest BCUT2D eigenvalue weighted by Gasteiger charge is -2.15. The van der Waals surface area contributed by atoms with Crippen LogP contribution in [0.15, 0.2) is 0 Å². The Morgan fingerprint density at radius 3 is 2.25 bits per heavy atom. The van der Waals surface area contributed by atoms with Crippen LogP contribution in [0.1, 0.15) is 20.8 Å². The third-order valence-corrected chi connectivity index (χ3v) is 2.98. The third kappa shape index (κ3) is 6.46. The SMILES string of the molecule is CC#COC(=O)OCP(=O)(OCC)OCC. The highest BCUT2D eigenvalue weighted by Gasteiger charge is 2.26. The van der Waals surface area contributed by atoms with Crippen LogP contribution in [0.4, 0.5) is 4.79 Å². The van der Waals surface area contributed by atoms with E-state index in [0.29, 0.717) is 0 Å². The minimum absolute atomic E-state index is 0.199. The second-order valence-electron chi connectivity index (χ2n) is 2.42. The minimum Gasteiger partial charge on any atom is -0.420 e. The molecule has 0 radical (unpaired) electrons. The average molecular weight is 250 g/mol. The summed E-state index contributed by atoms with van der Waals surface area (Å²) in [6.07, 6.45) is 0.532. The maximum atomic E-state index is 11.8. The first-order valence-corrected chi connectivity index (χ1v) is 6.44. The molecule has 0 unspecified atom stereocenters. The molecule has 0 saturated heterocycles. The number of ether oxygens (including phenoxy) is 2. The maximum Gasteiger partial charge on any atom is 0.523 e. The Balaban J connectivity index is 4.14. The molecule has 0 aromatic carbocycles. The zero-order valence-electron chi connectivity index (χ0n) is 9.52. The van der Waals surface area contributed by atoms with Gasteiger partial charge in [0.2, 0.25) is 0 Å². The van der Waals surface area contributed by atoms with Gasteiger partial charge < -0.3 is 18.5 Å². The fraction of sp³-hybridized carbons (Fsp3) is 0.667. The standard InChI is InChI=1S/C9H15O6P/c1-4-7-12-9(10)13-8-16(11,14-5-2)15-6-3/h5-6,8H2,1-3H3. The summed E-state index contributed by atoms with van der Waals surface area (Å²) in [5, 5.41) is 0. The van der Waals surface area contributed by atoms with Crippen molar-refractivity contribution in [2.45, 2.75) is 20.8 Å². The number of hydrogen-bond donors (Lipinski definition) is 0. The van der Waals surface area contributed by atoms with Crippen LogP contribution < -0.4 is 0 Å². The first-order valence-electron chi connectivity index (χ1n) is 4.71. The largest absolute Gasteiger partial charge is 0.523 e. The van der Waals surface area contributed by atoms with Crippen LogP contribution in [0.2, 0.25) is 0 Å². The Morgan fingerprint density at radius 1 is 1.25 bits per heavy atom. The zero-order valence-corrected chi connectivity index (χ0v) is 10.4. The summed E-state index contributed by atoms with van der Waals surface area (Å²) in [5.74, 6) is 2.34. The van der Waals surface area contributed by atoms with Crippen LogP contribution in [-0.2, 0) is 23.1 Å². The summed E-state index contributed by atoms with van der Waals surface area (Å²) in [6, 6.07) is 0. The van der Waals surface area contributed by atoms with E-state index >= 15 is 0 Å². The molecule has 16 heavy (non-hydrogen) atoms. The van der Waals surface area contributed by atoms with Gasteiger partial charge in [-0.25, -0.2) is 4.79 Å². The van der Waals surface area contributed by atoms with Crippen LogP contribution in [-0.4, -0.2) is 25.7 Å². The molecule has 0 rings (SSSR count). The van der Waals surface area contributed by atoms with Gasteiger partial charge in [0.1, 0.15) is 6.11 Å². The lowest BCUT2D eigenvalue weighted by atomic mass is 10.8. The van der Waals surface area contributed by atoms with E-state index in [1.165, 1.54) is 6.92 Å². The summed E-state index contributed by atoms with van der Waals surface area (Å²) < 4.78 is 30.4. The molecule has 0 aromatic heterocycles.